The van der Waals surface area contributed by atoms with E-state index in [9.17, 15) is 9.18 Å². The molecule has 0 aliphatic carbocycles. The fourth-order valence-electron chi connectivity index (χ4n) is 2.51. The molecule has 5 heteroatoms. The van der Waals surface area contributed by atoms with Crippen LogP contribution >= 0.6 is 11.3 Å². The van der Waals surface area contributed by atoms with Crippen LogP contribution in [0, 0.1) is 12.7 Å². The van der Waals surface area contributed by atoms with Crippen molar-refractivity contribution in [3.63, 3.8) is 0 Å². The van der Waals surface area contributed by atoms with Gasteiger partial charge >= 0.3 is 0 Å². The number of halogens is 1. The van der Waals surface area contributed by atoms with Crippen molar-refractivity contribution in [3.8, 4) is 0 Å². The quantitative estimate of drug-likeness (QED) is 0.944. The van der Waals surface area contributed by atoms with Gasteiger partial charge in [0.2, 0.25) is 5.91 Å². The number of carbonyl (C=O) groups is 1. The van der Waals surface area contributed by atoms with Crippen LogP contribution in [0.2, 0.25) is 0 Å². The van der Waals surface area contributed by atoms with Crippen molar-refractivity contribution in [1.82, 2.24) is 4.90 Å². The summed E-state index contributed by atoms with van der Waals surface area (Å²) < 4.78 is 13.2. The number of amides is 1. The van der Waals surface area contributed by atoms with Gasteiger partial charge in [0.05, 0.1) is 6.54 Å². The Morgan fingerprint density at radius 3 is 3.10 bits per heavy atom. The maximum Gasteiger partial charge on any atom is 0.242 e. The summed E-state index contributed by atoms with van der Waals surface area (Å²) in [6, 6.07) is 6.88. The third-order valence-electron chi connectivity index (χ3n) is 3.76. The van der Waals surface area contributed by atoms with Crippen LogP contribution in [0.4, 0.5) is 10.1 Å². The van der Waals surface area contributed by atoms with Crippen LogP contribution in [-0.2, 0) is 17.8 Å². The number of nitrogens with one attached hydrogen (secondary N) is 1. The molecule has 1 aliphatic rings. The van der Waals surface area contributed by atoms with Gasteiger partial charge in [-0.25, -0.2) is 4.39 Å². The number of nitrogens with zero attached hydrogens (tertiary/aromatic N) is 1. The molecule has 1 N–H and O–H groups in total. The highest BCUT2D eigenvalue weighted by Crippen LogP contribution is 2.24. The highest BCUT2D eigenvalue weighted by atomic mass is 32.1. The van der Waals surface area contributed by atoms with Gasteiger partial charge < -0.3 is 10.2 Å². The van der Waals surface area contributed by atoms with E-state index < -0.39 is 0 Å². The first-order valence-electron chi connectivity index (χ1n) is 6.96. The van der Waals surface area contributed by atoms with Crippen LogP contribution in [0.5, 0.6) is 0 Å². The van der Waals surface area contributed by atoms with Crippen LogP contribution in [0.3, 0.4) is 0 Å². The monoisotopic (exact) mass is 304 g/mol. The topological polar surface area (TPSA) is 32.3 Å². The Morgan fingerprint density at radius 1 is 1.43 bits per heavy atom. The third-order valence-corrected chi connectivity index (χ3v) is 4.79. The summed E-state index contributed by atoms with van der Waals surface area (Å²) in [6.07, 6.45) is 0.939. The number of anilines is 1. The summed E-state index contributed by atoms with van der Waals surface area (Å²) in [7, 11) is 0. The zero-order chi connectivity index (χ0) is 14.8. The molecule has 3 nitrogen and oxygen atoms in total. The number of thiophene rings is 1. The Balaban J connectivity index is 1.58. The van der Waals surface area contributed by atoms with Crippen molar-refractivity contribution < 1.29 is 9.18 Å². The summed E-state index contributed by atoms with van der Waals surface area (Å²) in [5.74, 6) is -0.151. The Labute approximate surface area is 127 Å². The average Bonchev–Trinajstić information content (AvgIpc) is 2.95. The summed E-state index contributed by atoms with van der Waals surface area (Å²) in [4.78, 5) is 15.5. The van der Waals surface area contributed by atoms with Gasteiger partial charge in [0, 0.05) is 23.7 Å². The SMILES string of the molecule is Cc1cc(NCC(=O)N2CCc3sccc3C2)ccc1F. The fraction of sp³-hybridized carbons (Fsp3) is 0.312. The molecule has 2 aromatic rings. The Morgan fingerprint density at radius 2 is 2.29 bits per heavy atom. The largest absolute Gasteiger partial charge is 0.376 e. The van der Waals surface area contributed by atoms with Crippen molar-refractivity contribution in [2.75, 3.05) is 18.4 Å². The number of rotatable bonds is 3. The predicted octanol–water partition coefficient (Wildman–Crippen LogP) is 3.19. The normalized spacial score (nSPS) is 13.9. The van der Waals surface area contributed by atoms with Crippen LogP contribution in [0.15, 0.2) is 29.6 Å². The van der Waals surface area contributed by atoms with Crippen LogP contribution in [0.25, 0.3) is 0 Å². The molecule has 1 amide bonds. The second-order valence-electron chi connectivity index (χ2n) is 5.25. The van der Waals surface area contributed by atoms with Crippen molar-refractivity contribution >= 4 is 22.9 Å². The lowest BCUT2D eigenvalue weighted by Gasteiger charge is -2.27. The van der Waals surface area contributed by atoms with E-state index in [1.54, 1.807) is 30.4 Å². The average molecular weight is 304 g/mol. The third kappa shape index (κ3) is 3.08. The fourth-order valence-corrected chi connectivity index (χ4v) is 3.40. The van der Waals surface area contributed by atoms with Gasteiger partial charge in [0.15, 0.2) is 0 Å². The predicted molar refractivity (Wildman–Crippen MR) is 83.1 cm³/mol. The lowest BCUT2D eigenvalue weighted by molar-refractivity contribution is -0.130. The summed E-state index contributed by atoms with van der Waals surface area (Å²) in [5.41, 5.74) is 2.61. The second kappa shape index (κ2) is 5.85. The second-order valence-corrected chi connectivity index (χ2v) is 6.25. The smallest absolute Gasteiger partial charge is 0.242 e. The molecule has 3 rings (SSSR count). The maximum atomic E-state index is 13.2. The summed E-state index contributed by atoms with van der Waals surface area (Å²) >= 11 is 1.76. The molecule has 0 saturated heterocycles. The number of fused-ring (bicyclic) bond motifs is 1. The highest BCUT2D eigenvalue weighted by molar-refractivity contribution is 7.10. The first-order chi connectivity index (χ1) is 10.1. The van der Waals surface area contributed by atoms with E-state index in [0.29, 0.717) is 12.1 Å². The van der Waals surface area contributed by atoms with Crippen LogP contribution in [0.1, 0.15) is 16.0 Å². The zero-order valence-electron chi connectivity index (χ0n) is 11.9. The minimum Gasteiger partial charge on any atom is -0.376 e. The molecule has 0 bridgehead atoms. The number of hydrogen-bond acceptors (Lipinski definition) is 3. The van der Waals surface area contributed by atoms with Crippen molar-refractivity contribution in [3.05, 3.63) is 51.5 Å². The van der Waals surface area contributed by atoms with E-state index in [1.807, 2.05) is 4.90 Å². The molecule has 21 heavy (non-hydrogen) atoms. The number of hydrogen-bond donors (Lipinski definition) is 1. The van der Waals surface area contributed by atoms with Gasteiger partial charge in [-0.1, -0.05) is 0 Å². The minimum absolute atomic E-state index is 0.0776. The van der Waals surface area contributed by atoms with Crippen molar-refractivity contribution in [2.24, 2.45) is 0 Å². The van der Waals surface area contributed by atoms with E-state index in [1.165, 1.54) is 16.5 Å². The molecule has 2 heterocycles. The molecule has 1 aromatic carbocycles. The molecule has 0 spiro atoms. The van der Waals surface area contributed by atoms with E-state index in [0.717, 1.165) is 18.7 Å². The lowest BCUT2D eigenvalue weighted by atomic mass is 10.1. The molecule has 110 valence electrons. The van der Waals surface area contributed by atoms with Gasteiger partial charge in [-0.2, -0.15) is 0 Å². The summed E-state index contributed by atoms with van der Waals surface area (Å²) in [5, 5.41) is 5.15. The number of carbonyl (C=O) groups excluding carboxylic acids is 1. The van der Waals surface area contributed by atoms with Crippen molar-refractivity contribution in [1.29, 1.82) is 0 Å². The molecule has 0 saturated carbocycles. The molecule has 0 atom stereocenters. The molecule has 0 radical (unpaired) electrons. The van der Waals surface area contributed by atoms with E-state index in [2.05, 4.69) is 16.8 Å². The summed E-state index contributed by atoms with van der Waals surface area (Å²) in [6.45, 7) is 3.42. The van der Waals surface area contributed by atoms with Crippen molar-refractivity contribution in [2.45, 2.75) is 19.9 Å². The molecular weight excluding hydrogens is 287 g/mol. The van der Waals surface area contributed by atoms with E-state index in [-0.39, 0.29) is 18.3 Å². The first-order valence-corrected chi connectivity index (χ1v) is 7.84. The Bertz CT molecular complexity index is 668. The molecule has 0 fully saturated rings. The van der Waals surface area contributed by atoms with E-state index in [4.69, 9.17) is 0 Å². The standard InChI is InChI=1S/C16H17FN2OS/c1-11-8-13(2-3-14(11)17)18-9-16(20)19-6-4-15-12(10-19)5-7-21-15/h2-3,5,7-8,18H,4,6,9-10H2,1H3. The van der Waals surface area contributed by atoms with Gasteiger partial charge in [-0.3, -0.25) is 4.79 Å². The van der Waals surface area contributed by atoms with Crippen LogP contribution < -0.4 is 5.32 Å². The molecular formula is C16H17FN2OS. The Hall–Kier alpha value is -1.88. The highest BCUT2D eigenvalue weighted by Gasteiger charge is 2.21. The number of aryl methyl sites for hydroxylation is 1. The first kappa shape index (κ1) is 14.1. The van der Waals surface area contributed by atoms with Gasteiger partial charge in [-0.05, 0) is 54.1 Å². The van der Waals surface area contributed by atoms with Gasteiger partial charge in [-0.15, -0.1) is 11.3 Å². The molecule has 1 aromatic heterocycles. The van der Waals surface area contributed by atoms with Gasteiger partial charge in [0.1, 0.15) is 5.82 Å². The number of benzene rings is 1. The minimum atomic E-state index is -0.229. The molecule has 0 unspecified atom stereocenters. The molecule has 1 aliphatic heterocycles. The van der Waals surface area contributed by atoms with E-state index >= 15 is 0 Å². The maximum absolute atomic E-state index is 13.2. The van der Waals surface area contributed by atoms with Crippen LogP contribution in [-0.4, -0.2) is 23.9 Å². The zero-order valence-corrected chi connectivity index (χ0v) is 12.7. The lowest BCUT2D eigenvalue weighted by Crippen LogP contribution is -2.38. The Kier molecular flexibility index (Phi) is 3.92. The van der Waals surface area contributed by atoms with Gasteiger partial charge in [0.25, 0.3) is 0 Å².